The lowest BCUT2D eigenvalue weighted by atomic mass is 9.94. The molecule has 1 fully saturated rings. The third-order valence-electron chi connectivity index (χ3n) is 4.36. The largest absolute Gasteiger partial charge is 0.384 e. The molecule has 0 aliphatic carbocycles. The van der Waals surface area contributed by atoms with Crippen LogP contribution < -0.4 is 0 Å². The van der Waals surface area contributed by atoms with Gasteiger partial charge in [0.15, 0.2) is 0 Å². The summed E-state index contributed by atoms with van der Waals surface area (Å²) in [6, 6.07) is 0. The molecule has 7 heteroatoms. The van der Waals surface area contributed by atoms with Gasteiger partial charge in [-0.15, -0.1) is 5.10 Å². The minimum Gasteiger partial charge on any atom is -0.384 e. The van der Waals surface area contributed by atoms with E-state index in [1.807, 2.05) is 11.9 Å². The van der Waals surface area contributed by atoms with E-state index in [-0.39, 0.29) is 17.7 Å². The first-order valence-electron chi connectivity index (χ1n) is 7.44. The van der Waals surface area contributed by atoms with Gasteiger partial charge in [0.05, 0.1) is 18.8 Å². The fourth-order valence-electron chi connectivity index (χ4n) is 3.32. The Balaban J connectivity index is 1.77. The molecule has 1 aromatic heterocycles. The minimum atomic E-state index is 0.0835. The number of ether oxygens (including phenoxy) is 2. The second-order valence-electron chi connectivity index (χ2n) is 5.80. The van der Waals surface area contributed by atoms with Crippen LogP contribution in [-0.2, 0) is 27.9 Å². The second-order valence-corrected chi connectivity index (χ2v) is 5.80. The van der Waals surface area contributed by atoms with Gasteiger partial charge in [-0.2, -0.15) is 0 Å². The first-order chi connectivity index (χ1) is 10.2. The van der Waals surface area contributed by atoms with Crippen molar-refractivity contribution in [1.29, 1.82) is 0 Å². The highest BCUT2D eigenvalue weighted by atomic mass is 16.5. The summed E-state index contributed by atoms with van der Waals surface area (Å²) in [6.07, 6.45) is 1.63. The van der Waals surface area contributed by atoms with Crippen molar-refractivity contribution in [3.8, 4) is 0 Å². The molecule has 0 unspecified atom stereocenters. The number of aryl methyl sites for hydroxylation is 1. The lowest BCUT2D eigenvalue weighted by Gasteiger charge is -2.35. The number of rotatable bonds is 3. The second kappa shape index (κ2) is 6.11. The molecule has 2 aliphatic heterocycles. The van der Waals surface area contributed by atoms with Crippen LogP contribution in [0, 0.1) is 5.92 Å². The predicted octanol–water partition coefficient (Wildman–Crippen LogP) is 0.314. The lowest BCUT2D eigenvalue weighted by Crippen LogP contribution is -2.44. The molecule has 1 atom stereocenters. The van der Waals surface area contributed by atoms with Crippen LogP contribution in [0.2, 0.25) is 0 Å². The van der Waals surface area contributed by atoms with Crippen LogP contribution in [0.4, 0.5) is 0 Å². The van der Waals surface area contributed by atoms with Crippen molar-refractivity contribution >= 4 is 5.91 Å². The number of methoxy groups -OCH3 is 1. The minimum absolute atomic E-state index is 0.0835. The van der Waals surface area contributed by atoms with E-state index in [9.17, 15) is 4.79 Å². The predicted molar refractivity (Wildman–Crippen MR) is 74.6 cm³/mol. The zero-order chi connectivity index (χ0) is 14.8. The van der Waals surface area contributed by atoms with E-state index in [1.54, 1.807) is 11.8 Å². The fourth-order valence-corrected chi connectivity index (χ4v) is 3.32. The zero-order valence-corrected chi connectivity index (χ0v) is 12.6. The van der Waals surface area contributed by atoms with Crippen molar-refractivity contribution in [1.82, 2.24) is 19.9 Å². The molecule has 1 amide bonds. The molecular weight excluding hydrogens is 272 g/mol. The van der Waals surface area contributed by atoms with Crippen LogP contribution in [0.1, 0.15) is 30.1 Å². The van der Waals surface area contributed by atoms with Gasteiger partial charge in [-0.1, -0.05) is 5.21 Å². The Bertz CT molecular complexity index is 510. The molecule has 0 spiro atoms. The summed E-state index contributed by atoms with van der Waals surface area (Å²) in [5.74, 6) is 0.443. The number of hydrogen-bond acceptors (Lipinski definition) is 5. The quantitative estimate of drug-likeness (QED) is 0.802. The van der Waals surface area contributed by atoms with Crippen molar-refractivity contribution in [2.45, 2.75) is 25.3 Å². The Morgan fingerprint density at radius 3 is 2.90 bits per heavy atom. The number of fused-ring (bicyclic) bond motifs is 1. The summed E-state index contributed by atoms with van der Waals surface area (Å²) in [5.41, 5.74) is 1.99. The van der Waals surface area contributed by atoms with E-state index in [1.165, 1.54) is 0 Å². The van der Waals surface area contributed by atoms with E-state index < -0.39 is 0 Å². The molecule has 0 bridgehead atoms. The van der Waals surface area contributed by atoms with Crippen molar-refractivity contribution in [2.75, 3.05) is 33.5 Å². The molecular formula is C14H22N4O3. The van der Waals surface area contributed by atoms with E-state index in [4.69, 9.17) is 9.47 Å². The number of nitrogens with zero attached hydrogens (tertiary/aromatic N) is 4. The van der Waals surface area contributed by atoms with Crippen LogP contribution in [0.15, 0.2) is 0 Å². The monoisotopic (exact) mass is 294 g/mol. The maximum Gasteiger partial charge on any atom is 0.226 e. The van der Waals surface area contributed by atoms with E-state index in [0.29, 0.717) is 32.9 Å². The Hall–Kier alpha value is -1.47. The summed E-state index contributed by atoms with van der Waals surface area (Å²) in [6.45, 7) is 3.17. The molecule has 2 aliphatic rings. The van der Waals surface area contributed by atoms with Gasteiger partial charge in [-0.3, -0.25) is 9.48 Å². The van der Waals surface area contributed by atoms with Gasteiger partial charge < -0.3 is 14.4 Å². The van der Waals surface area contributed by atoms with Gasteiger partial charge in [0.25, 0.3) is 0 Å². The van der Waals surface area contributed by atoms with Gasteiger partial charge in [-0.05, 0) is 12.8 Å². The Morgan fingerprint density at radius 2 is 2.19 bits per heavy atom. The van der Waals surface area contributed by atoms with Crippen molar-refractivity contribution in [2.24, 2.45) is 13.0 Å². The topological polar surface area (TPSA) is 69.5 Å². The van der Waals surface area contributed by atoms with Crippen LogP contribution in [0.3, 0.4) is 0 Å². The molecule has 116 valence electrons. The third kappa shape index (κ3) is 2.80. The number of amides is 1. The summed E-state index contributed by atoms with van der Waals surface area (Å²) >= 11 is 0. The summed E-state index contributed by atoms with van der Waals surface area (Å²) < 4.78 is 12.5. The lowest BCUT2D eigenvalue weighted by molar-refractivity contribution is -0.140. The average molecular weight is 294 g/mol. The molecule has 3 heterocycles. The first kappa shape index (κ1) is 14.5. The number of hydrogen-bond donors (Lipinski definition) is 0. The molecule has 7 nitrogen and oxygen atoms in total. The van der Waals surface area contributed by atoms with Crippen molar-refractivity contribution in [3.05, 3.63) is 11.4 Å². The highest BCUT2D eigenvalue weighted by Gasteiger charge is 2.35. The zero-order valence-electron chi connectivity index (χ0n) is 12.6. The highest BCUT2D eigenvalue weighted by molar-refractivity contribution is 5.79. The highest BCUT2D eigenvalue weighted by Crippen LogP contribution is 2.29. The normalized spacial score (nSPS) is 23.1. The van der Waals surface area contributed by atoms with E-state index in [0.717, 1.165) is 24.2 Å². The van der Waals surface area contributed by atoms with Crippen molar-refractivity contribution < 1.29 is 14.3 Å². The van der Waals surface area contributed by atoms with Gasteiger partial charge in [0.2, 0.25) is 5.91 Å². The maximum atomic E-state index is 12.7. The molecule has 1 aromatic rings. The molecule has 3 rings (SSSR count). The standard InChI is InChI=1S/C14H22N4O3/c1-17-13-11(9-20-2)7-18(8-12(13)15-16-17)14(19)10-3-5-21-6-4-10/h10-11H,3-9H2,1-2H3/t11-/m1/s1. The third-order valence-corrected chi connectivity index (χ3v) is 4.36. The Morgan fingerprint density at radius 1 is 1.43 bits per heavy atom. The number of aromatic nitrogens is 3. The molecule has 1 saturated heterocycles. The molecule has 0 aromatic carbocycles. The van der Waals surface area contributed by atoms with Crippen LogP contribution >= 0.6 is 0 Å². The molecule has 0 radical (unpaired) electrons. The van der Waals surface area contributed by atoms with Gasteiger partial charge in [0, 0.05) is 45.8 Å². The molecule has 0 saturated carbocycles. The number of carbonyl (C=O) groups excluding carboxylic acids is 1. The van der Waals surface area contributed by atoms with E-state index in [2.05, 4.69) is 10.3 Å². The molecule has 21 heavy (non-hydrogen) atoms. The van der Waals surface area contributed by atoms with E-state index >= 15 is 0 Å². The van der Waals surface area contributed by atoms with Gasteiger partial charge in [0.1, 0.15) is 5.69 Å². The average Bonchev–Trinajstić information content (AvgIpc) is 2.89. The van der Waals surface area contributed by atoms with Crippen molar-refractivity contribution in [3.63, 3.8) is 0 Å². The summed E-state index contributed by atoms with van der Waals surface area (Å²) in [7, 11) is 3.58. The maximum absolute atomic E-state index is 12.7. The SMILES string of the molecule is COC[C@H]1CN(C(=O)C2CCOCC2)Cc2nnn(C)c21. The van der Waals surface area contributed by atoms with Gasteiger partial charge >= 0.3 is 0 Å². The number of carbonyl (C=O) groups is 1. The fraction of sp³-hybridized carbons (Fsp3) is 0.786. The van der Waals surface area contributed by atoms with Crippen LogP contribution in [0.5, 0.6) is 0 Å². The van der Waals surface area contributed by atoms with Gasteiger partial charge in [-0.25, -0.2) is 0 Å². The first-order valence-corrected chi connectivity index (χ1v) is 7.44. The molecule has 0 N–H and O–H groups in total. The van der Waals surface area contributed by atoms with Crippen LogP contribution in [0.25, 0.3) is 0 Å². The summed E-state index contributed by atoms with van der Waals surface area (Å²) in [5, 5.41) is 8.30. The Labute approximate surface area is 124 Å². The van der Waals surface area contributed by atoms with Crippen LogP contribution in [-0.4, -0.2) is 59.3 Å². The summed E-state index contributed by atoms with van der Waals surface area (Å²) in [4.78, 5) is 14.6. The smallest absolute Gasteiger partial charge is 0.226 e. The Kier molecular flexibility index (Phi) is 4.21.